The SMILES string of the molecule is O=C(NC(=O)[C@H](Cc1ccc(OCc2ccccc2)cc1)S(=O)(=O)c1ccc([N+](=O)[O-])cc1)c1cn(Cc2ccc(Br)cc2)c2ncccc12. The van der Waals surface area contributed by atoms with Gasteiger partial charge in [0.05, 0.1) is 15.4 Å². The minimum absolute atomic E-state index is 0.143. The normalized spacial score (nSPS) is 11.9. The molecule has 252 valence electrons. The fraction of sp³-hybridized carbons (Fsp3) is 0.108. The first-order chi connectivity index (χ1) is 24.1. The minimum Gasteiger partial charge on any atom is -0.489 e. The molecule has 1 N–H and O–H groups in total. The van der Waals surface area contributed by atoms with Crippen molar-refractivity contribution in [2.45, 2.75) is 29.7 Å². The maximum absolute atomic E-state index is 14.0. The topological polar surface area (TPSA) is 150 Å². The summed E-state index contributed by atoms with van der Waals surface area (Å²) in [5, 5.41) is 12.2. The van der Waals surface area contributed by atoms with Gasteiger partial charge in [0.25, 0.3) is 11.6 Å². The Bertz CT molecular complexity index is 2280. The molecule has 0 aliphatic heterocycles. The zero-order chi connectivity index (χ0) is 35.3. The quantitative estimate of drug-likeness (QED) is 0.108. The van der Waals surface area contributed by atoms with Crippen molar-refractivity contribution in [2.75, 3.05) is 0 Å². The average Bonchev–Trinajstić information content (AvgIpc) is 3.49. The van der Waals surface area contributed by atoms with Crippen molar-refractivity contribution in [3.63, 3.8) is 0 Å². The van der Waals surface area contributed by atoms with Crippen molar-refractivity contribution in [2.24, 2.45) is 0 Å². The van der Waals surface area contributed by atoms with Crippen LogP contribution in [0.5, 0.6) is 5.75 Å². The van der Waals surface area contributed by atoms with Crippen molar-refractivity contribution in [1.29, 1.82) is 0 Å². The largest absolute Gasteiger partial charge is 0.489 e. The lowest BCUT2D eigenvalue weighted by atomic mass is 10.1. The summed E-state index contributed by atoms with van der Waals surface area (Å²) in [6, 6.07) is 31.5. The highest BCUT2D eigenvalue weighted by Gasteiger charge is 2.36. The molecule has 2 amide bonds. The Kier molecular flexibility index (Phi) is 10.2. The van der Waals surface area contributed by atoms with Crippen LogP contribution in [0.3, 0.4) is 0 Å². The number of benzene rings is 4. The van der Waals surface area contributed by atoms with E-state index in [9.17, 15) is 28.1 Å². The summed E-state index contributed by atoms with van der Waals surface area (Å²) in [6.45, 7) is 0.723. The molecule has 0 unspecified atom stereocenters. The number of carbonyl (C=O) groups is 2. The maximum Gasteiger partial charge on any atom is 0.269 e. The van der Waals surface area contributed by atoms with Crippen LogP contribution >= 0.6 is 15.9 Å². The molecule has 0 aliphatic carbocycles. The number of hydrogen-bond donors (Lipinski definition) is 1. The fourth-order valence-corrected chi connectivity index (χ4v) is 7.27. The number of fused-ring (bicyclic) bond motifs is 1. The van der Waals surface area contributed by atoms with Crippen LogP contribution in [0.1, 0.15) is 27.0 Å². The molecule has 4 aromatic carbocycles. The lowest BCUT2D eigenvalue weighted by molar-refractivity contribution is -0.384. The van der Waals surface area contributed by atoms with Crippen molar-refractivity contribution in [3.05, 3.63) is 164 Å². The lowest BCUT2D eigenvalue weighted by Gasteiger charge is -2.18. The molecule has 0 saturated carbocycles. The first-order valence-corrected chi connectivity index (χ1v) is 17.7. The van der Waals surface area contributed by atoms with E-state index in [1.54, 1.807) is 53.4 Å². The molecule has 50 heavy (non-hydrogen) atoms. The monoisotopic (exact) mass is 752 g/mol. The van der Waals surface area contributed by atoms with E-state index in [-0.39, 0.29) is 22.6 Å². The number of ether oxygens (including phenoxy) is 1. The fourth-order valence-electron chi connectivity index (χ4n) is 5.41. The Morgan fingerprint density at radius 2 is 1.54 bits per heavy atom. The van der Waals surface area contributed by atoms with Gasteiger partial charge in [-0.3, -0.25) is 25.0 Å². The number of rotatable bonds is 12. The number of aromatic nitrogens is 2. The highest BCUT2D eigenvalue weighted by atomic mass is 79.9. The third kappa shape index (κ3) is 7.80. The first-order valence-electron chi connectivity index (χ1n) is 15.4. The van der Waals surface area contributed by atoms with Crippen LogP contribution in [-0.4, -0.2) is 40.0 Å². The van der Waals surface area contributed by atoms with Crippen molar-refractivity contribution in [3.8, 4) is 5.75 Å². The van der Waals surface area contributed by atoms with Gasteiger partial charge in [-0.1, -0.05) is 70.5 Å². The summed E-state index contributed by atoms with van der Waals surface area (Å²) in [5.74, 6) is -1.30. The van der Waals surface area contributed by atoms with Gasteiger partial charge in [-0.15, -0.1) is 0 Å². The van der Waals surface area contributed by atoms with E-state index >= 15 is 0 Å². The summed E-state index contributed by atoms with van der Waals surface area (Å²) in [5.41, 5.74) is 2.76. The molecule has 6 rings (SSSR count). The summed E-state index contributed by atoms with van der Waals surface area (Å²) in [6.07, 6.45) is 2.89. The number of nitro benzene ring substituents is 1. The minimum atomic E-state index is -4.45. The number of amides is 2. The Labute approximate surface area is 295 Å². The number of pyridine rings is 1. The zero-order valence-electron chi connectivity index (χ0n) is 26.3. The maximum atomic E-state index is 14.0. The molecule has 0 spiro atoms. The number of nitro groups is 1. The molecule has 13 heteroatoms. The van der Waals surface area contributed by atoms with Gasteiger partial charge in [0.15, 0.2) is 9.84 Å². The Balaban J connectivity index is 1.27. The van der Waals surface area contributed by atoms with Gasteiger partial charge in [-0.05, 0) is 71.6 Å². The van der Waals surface area contributed by atoms with Crippen LogP contribution in [0.25, 0.3) is 11.0 Å². The van der Waals surface area contributed by atoms with Gasteiger partial charge in [-0.25, -0.2) is 13.4 Å². The van der Waals surface area contributed by atoms with Gasteiger partial charge in [0, 0.05) is 40.9 Å². The smallest absolute Gasteiger partial charge is 0.269 e. The Morgan fingerprint density at radius 1 is 0.860 bits per heavy atom. The molecular formula is C37H29BrN4O7S. The van der Waals surface area contributed by atoms with E-state index in [0.29, 0.717) is 35.5 Å². The molecule has 0 radical (unpaired) electrons. The van der Waals surface area contributed by atoms with E-state index in [4.69, 9.17) is 4.74 Å². The summed E-state index contributed by atoms with van der Waals surface area (Å²) < 4.78 is 36.5. The number of carbonyl (C=O) groups excluding carboxylic acids is 2. The summed E-state index contributed by atoms with van der Waals surface area (Å²) in [7, 11) is -4.45. The average molecular weight is 754 g/mol. The number of sulfone groups is 1. The van der Waals surface area contributed by atoms with Crippen LogP contribution in [-0.2, 0) is 34.2 Å². The van der Waals surface area contributed by atoms with Crippen LogP contribution in [0.2, 0.25) is 0 Å². The summed E-state index contributed by atoms with van der Waals surface area (Å²) >= 11 is 3.42. The molecule has 0 aliphatic rings. The third-order valence-corrected chi connectivity index (χ3v) is 10.6. The van der Waals surface area contributed by atoms with Gasteiger partial charge in [-0.2, -0.15) is 0 Å². The van der Waals surface area contributed by atoms with Crippen molar-refractivity contribution < 1.29 is 27.7 Å². The summed E-state index contributed by atoms with van der Waals surface area (Å²) in [4.78, 5) is 42.2. The lowest BCUT2D eigenvalue weighted by Crippen LogP contribution is -2.44. The number of hydrogen-bond acceptors (Lipinski definition) is 8. The number of non-ortho nitro benzene ring substituents is 1. The second kappa shape index (κ2) is 14.8. The van der Waals surface area contributed by atoms with E-state index in [1.165, 1.54) is 0 Å². The van der Waals surface area contributed by atoms with Crippen molar-refractivity contribution in [1.82, 2.24) is 14.9 Å². The zero-order valence-corrected chi connectivity index (χ0v) is 28.7. The number of halogens is 1. The van der Waals surface area contributed by atoms with Crippen LogP contribution in [0, 0.1) is 10.1 Å². The second-order valence-electron chi connectivity index (χ2n) is 11.4. The third-order valence-electron chi connectivity index (χ3n) is 8.02. The van der Waals surface area contributed by atoms with Crippen LogP contribution < -0.4 is 10.1 Å². The van der Waals surface area contributed by atoms with Crippen LogP contribution in [0.15, 0.2) is 137 Å². The first kappa shape index (κ1) is 34.2. The van der Waals surface area contributed by atoms with Crippen molar-refractivity contribution >= 4 is 54.3 Å². The van der Waals surface area contributed by atoms with Gasteiger partial charge in [0.2, 0.25) is 5.91 Å². The Hall–Kier alpha value is -5.66. The van der Waals surface area contributed by atoms with E-state index in [0.717, 1.165) is 39.9 Å². The predicted octanol–water partition coefficient (Wildman–Crippen LogP) is 6.68. The highest BCUT2D eigenvalue weighted by molar-refractivity contribution is 9.10. The number of nitrogens with zero attached hydrogens (tertiary/aromatic N) is 3. The molecule has 1 atom stereocenters. The standard InChI is InChI=1S/C37H29BrN4O7S/c38-28-12-8-26(9-13-28)22-41-23-33(32-7-4-20-39-35(32)41)36(43)40-37(44)34(50(47,48)31-18-14-29(15-19-31)42(45)46)21-25-10-16-30(17-11-25)49-24-27-5-2-1-3-6-27/h1-20,23,34H,21-22,24H2,(H,40,43,44)/t34-/m0/s1. The number of nitrogens with one attached hydrogen (secondary N) is 1. The van der Waals surface area contributed by atoms with Gasteiger partial charge >= 0.3 is 0 Å². The molecule has 11 nitrogen and oxygen atoms in total. The highest BCUT2D eigenvalue weighted by Crippen LogP contribution is 2.25. The number of imide groups is 1. The second-order valence-corrected chi connectivity index (χ2v) is 14.4. The van der Waals surface area contributed by atoms with Gasteiger partial charge in [0.1, 0.15) is 23.3 Å². The molecule has 2 heterocycles. The molecule has 2 aromatic heterocycles. The van der Waals surface area contributed by atoms with Crippen LogP contribution in [0.4, 0.5) is 5.69 Å². The molecule has 0 saturated heterocycles. The molecule has 0 fully saturated rings. The van der Waals surface area contributed by atoms with E-state index < -0.39 is 31.8 Å². The van der Waals surface area contributed by atoms with Gasteiger partial charge < -0.3 is 9.30 Å². The van der Waals surface area contributed by atoms with E-state index in [1.807, 2.05) is 54.6 Å². The predicted molar refractivity (Wildman–Crippen MR) is 190 cm³/mol. The molecular weight excluding hydrogens is 724 g/mol. The molecule has 6 aromatic rings. The van der Waals surface area contributed by atoms with E-state index in [2.05, 4.69) is 26.2 Å². The Morgan fingerprint density at radius 3 is 2.22 bits per heavy atom. The molecule has 0 bridgehead atoms.